The Balaban J connectivity index is 2.10. The second-order valence-corrected chi connectivity index (χ2v) is 16.8. The van der Waals surface area contributed by atoms with Gasteiger partial charge in [0.2, 0.25) is 0 Å². The summed E-state index contributed by atoms with van der Waals surface area (Å²) in [5, 5.41) is 0. The molecule has 0 nitrogen and oxygen atoms in total. The van der Waals surface area contributed by atoms with Crippen LogP contribution in [0.15, 0.2) is 0 Å². The Hall–Kier alpha value is 0.434. The molecule has 0 bridgehead atoms. The Kier molecular flexibility index (Phi) is 3.21. The second kappa shape index (κ2) is 3.66. The molecule has 1 saturated heterocycles. The van der Waals surface area contributed by atoms with Crippen molar-refractivity contribution in [2.45, 2.75) is 63.2 Å². The quantitative estimate of drug-likeness (QED) is 0.597. The zero-order valence-electron chi connectivity index (χ0n) is 9.24. The van der Waals surface area contributed by atoms with Crippen LogP contribution in [0, 0.1) is 0 Å². The first-order valence-electron chi connectivity index (χ1n) is 5.41. The fraction of sp³-hybridized carbons (Fsp3) is 1.00. The van der Waals surface area contributed by atoms with Crippen molar-refractivity contribution >= 4 is 16.1 Å². The molecule has 0 saturated carbocycles. The average molecular weight is 200 g/mol. The van der Waals surface area contributed by atoms with Crippen LogP contribution in [0.4, 0.5) is 0 Å². The van der Waals surface area contributed by atoms with Gasteiger partial charge >= 0.3 is 0 Å². The molecule has 1 heterocycles. The van der Waals surface area contributed by atoms with Crippen LogP contribution < -0.4 is 0 Å². The molecule has 0 aromatic heterocycles. The van der Waals surface area contributed by atoms with Gasteiger partial charge in [-0.15, -0.1) is 0 Å². The lowest BCUT2D eigenvalue weighted by Crippen LogP contribution is -2.37. The number of hydrogen-bond acceptors (Lipinski definition) is 0. The Morgan fingerprint density at radius 2 is 1.75 bits per heavy atom. The smallest absolute Gasteiger partial charge is 0.0504 e. The minimum absolute atomic E-state index is 0.574. The van der Waals surface area contributed by atoms with Crippen LogP contribution >= 0.6 is 0 Å². The highest BCUT2D eigenvalue weighted by Crippen LogP contribution is 2.37. The maximum atomic E-state index is 2.61. The first kappa shape index (κ1) is 10.5. The van der Waals surface area contributed by atoms with Crippen LogP contribution in [-0.4, -0.2) is 16.1 Å². The van der Waals surface area contributed by atoms with Gasteiger partial charge in [0.05, 0.1) is 8.07 Å². The molecule has 0 spiro atoms. The topological polar surface area (TPSA) is 0 Å². The molecule has 1 fully saturated rings. The fourth-order valence-corrected chi connectivity index (χ4v) is 6.76. The molecule has 0 aromatic carbocycles. The van der Waals surface area contributed by atoms with Gasteiger partial charge in [-0.3, -0.25) is 0 Å². The molecular weight excluding hydrogens is 176 g/mol. The van der Waals surface area contributed by atoms with E-state index in [4.69, 9.17) is 0 Å². The molecule has 0 unspecified atom stereocenters. The second-order valence-electron chi connectivity index (χ2n) is 6.08. The van der Waals surface area contributed by atoms with Crippen molar-refractivity contribution in [3.05, 3.63) is 0 Å². The zero-order chi connectivity index (χ0) is 9.24. The molecule has 1 rings (SSSR count). The summed E-state index contributed by atoms with van der Waals surface area (Å²) >= 11 is 0. The van der Waals surface area contributed by atoms with E-state index in [0.29, 0.717) is 0 Å². The van der Waals surface area contributed by atoms with Gasteiger partial charge in [0, 0.05) is 8.07 Å². The highest BCUT2D eigenvalue weighted by Gasteiger charge is 2.33. The molecule has 2 heteroatoms. The molecular formula is C10H24Si2. The lowest BCUT2D eigenvalue weighted by molar-refractivity contribution is 0.853. The molecule has 0 aromatic rings. The van der Waals surface area contributed by atoms with E-state index in [0.717, 1.165) is 0 Å². The van der Waals surface area contributed by atoms with Crippen molar-refractivity contribution < 1.29 is 0 Å². The normalized spacial score (nSPS) is 22.0. The van der Waals surface area contributed by atoms with E-state index in [1.54, 1.807) is 37.0 Å². The Labute approximate surface area is 79.8 Å². The van der Waals surface area contributed by atoms with Gasteiger partial charge in [-0.2, -0.15) is 0 Å². The van der Waals surface area contributed by atoms with E-state index < -0.39 is 16.1 Å². The Bertz CT molecular complexity index is 142. The van der Waals surface area contributed by atoms with Gasteiger partial charge < -0.3 is 0 Å². The summed E-state index contributed by atoms with van der Waals surface area (Å²) in [6.45, 7) is 10.1. The van der Waals surface area contributed by atoms with Crippen molar-refractivity contribution in [1.29, 1.82) is 0 Å². The van der Waals surface area contributed by atoms with Gasteiger partial charge in [-0.25, -0.2) is 0 Å². The maximum absolute atomic E-state index is 2.61. The van der Waals surface area contributed by atoms with Crippen LogP contribution in [0.1, 0.15) is 12.8 Å². The van der Waals surface area contributed by atoms with Gasteiger partial charge in [0.1, 0.15) is 0 Å². The highest BCUT2D eigenvalue weighted by molar-refractivity contribution is 6.81. The number of rotatable bonds is 4. The lowest BCUT2D eigenvalue weighted by Gasteiger charge is -2.36. The number of hydrogen-bond donors (Lipinski definition) is 0. The van der Waals surface area contributed by atoms with E-state index in [-0.39, 0.29) is 0 Å². The van der Waals surface area contributed by atoms with Crippen molar-refractivity contribution in [2.75, 3.05) is 0 Å². The summed E-state index contributed by atoms with van der Waals surface area (Å²) in [6.07, 6.45) is 3.11. The molecule has 12 heavy (non-hydrogen) atoms. The van der Waals surface area contributed by atoms with E-state index >= 15 is 0 Å². The van der Waals surface area contributed by atoms with Gasteiger partial charge in [0.25, 0.3) is 0 Å². The third kappa shape index (κ3) is 3.44. The van der Waals surface area contributed by atoms with Crippen molar-refractivity contribution in [1.82, 2.24) is 0 Å². The van der Waals surface area contributed by atoms with Gasteiger partial charge in [0.15, 0.2) is 0 Å². The summed E-state index contributed by atoms with van der Waals surface area (Å²) in [5.41, 5.74) is 0. The molecule has 1 aliphatic heterocycles. The van der Waals surface area contributed by atoms with Crippen LogP contribution in [0.25, 0.3) is 0 Å². The molecule has 0 atom stereocenters. The van der Waals surface area contributed by atoms with E-state index in [1.807, 2.05) is 0 Å². The SMILES string of the molecule is C[Si](C)(C)CCC[Si]1(C)CCC1. The molecule has 0 aliphatic carbocycles. The summed E-state index contributed by atoms with van der Waals surface area (Å²) in [7, 11) is -1.30. The fourth-order valence-electron chi connectivity index (χ4n) is 2.08. The van der Waals surface area contributed by atoms with Crippen molar-refractivity contribution in [3.8, 4) is 0 Å². The third-order valence-electron chi connectivity index (χ3n) is 3.27. The largest absolute Gasteiger partial charge is 0.0695 e. The molecule has 0 radical (unpaired) electrons. The highest BCUT2D eigenvalue weighted by atomic mass is 28.3. The van der Waals surface area contributed by atoms with Gasteiger partial charge in [-0.1, -0.05) is 63.2 Å². The third-order valence-corrected chi connectivity index (χ3v) is 9.80. The van der Waals surface area contributed by atoms with E-state index in [1.165, 1.54) is 0 Å². The molecule has 0 amide bonds. The summed E-state index contributed by atoms with van der Waals surface area (Å²) < 4.78 is 0. The summed E-state index contributed by atoms with van der Waals surface area (Å²) in [6, 6.07) is 6.48. The summed E-state index contributed by atoms with van der Waals surface area (Å²) in [5.74, 6) is 0. The standard InChI is InChI=1S/C10H24Si2/c1-11(2,3)7-5-8-12(4)9-6-10-12/h5-10H2,1-4H3. The average Bonchev–Trinajstić information content (AvgIpc) is 1.81. The monoisotopic (exact) mass is 200 g/mol. The van der Waals surface area contributed by atoms with Crippen molar-refractivity contribution in [2.24, 2.45) is 0 Å². The van der Waals surface area contributed by atoms with Crippen LogP contribution in [-0.2, 0) is 0 Å². The minimum atomic E-state index is -0.723. The summed E-state index contributed by atoms with van der Waals surface area (Å²) in [4.78, 5) is 0. The Morgan fingerprint density at radius 3 is 2.08 bits per heavy atom. The minimum Gasteiger partial charge on any atom is -0.0695 e. The zero-order valence-corrected chi connectivity index (χ0v) is 11.2. The van der Waals surface area contributed by atoms with Crippen LogP contribution in [0.5, 0.6) is 0 Å². The van der Waals surface area contributed by atoms with Crippen LogP contribution in [0.2, 0.25) is 50.4 Å². The van der Waals surface area contributed by atoms with E-state index in [2.05, 4.69) is 26.2 Å². The molecule has 72 valence electrons. The predicted molar refractivity (Wildman–Crippen MR) is 63.4 cm³/mol. The Morgan fingerprint density at radius 1 is 1.17 bits per heavy atom. The van der Waals surface area contributed by atoms with Gasteiger partial charge in [-0.05, 0) is 0 Å². The van der Waals surface area contributed by atoms with Crippen molar-refractivity contribution in [3.63, 3.8) is 0 Å². The maximum Gasteiger partial charge on any atom is 0.0504 e. The first-order valence-corrected chi connectivity index (χ1v) is 12.2. The first-order chi connectivity index (χ1) is 5.41. The lowest BCUT2D eigenvalue weighted by atomic mass is 10.5. The van der Waals surface area contributed by atoms with Crippen LogP contribution in [0.3, 0.4) is 0 Å². The predicted octanol–water partition coefficient (Wildman–Crippen LogP) is 4.20. The van der Waals surface area contributed by atoms with E-state index in [9.17, 15) is 0 Å². The molecule has 1 aliphatic rings. The molecule has 0 N–H and O–H groups in total.